The van der Waals surface area contributed by atoms with Gasteiger partial charge >= 0.3 is 12.1 Å². The summed E-state index contributed by atoms with van der Waals surface area (Å²) in [5, 5.41) is 10.7. The van der Waals surface area contributed by atoms with Crippen LogP contribution in [0.5, 0.6) is 0 Å². The topological polar surface area (TPSA) is 110 Å². The first kappa shape index (κ1) is 30.0. The van der Waals surface area contributed by atoms with E-state index >= 15 is 0 Å². The van der Waals surface area contributed by atoms with Crippen molar-refractivity contribution >= 4 is 43.9 Å². The molecule has 2 aliphatic rings. The first-order valence-electron chi connectivity index (χ1n) is 13.5. The molecule has 2 aromatic carbocycles. The number of amides is 2. The van der Waals surface area contributed by atoms with E-state index in [2.05, 4.69) is 24.8 Å². The van der Waals surface area contributed by atoms with Crippen LogP contribution >= 0.6 is 20.8 Å². The standard InChI is InChI=1S/C29H27ClF3N4O4P/c30-21-6-2-3-15(11-12-29(31,32)33)24(21)28(40)37-22-14-18(34-26(38)16-4-1-5-16)8-10-19(22)25(35-37)20-9-7-17(13-23(20)42)27(39)36-41/h2-3,6-7,9,13,16,18H,1,4-5,8,10-12,14,42H2,(H,34,38). The summed E-state index contributed by atoms with van der Waals surface area (Å²) in [6, 6.07) is 8.65. The molecule has 0 bridgehead atoms. The molecule has 1 aromatic heterocycles. The zero-order valence-corrected chi connectivity index (χ0v) is 24.3. The molecule has 2 atom stereocenters. The lowest BCUT2D eigenvalue weighted by atomic mass is 9.83. The predicted octanol–water partition coefficient (Wildman–Crippen LogP) is 5.57. The second-order valence-electron chi connectivity index (χ2n) is 10.7. The Labute approximate surface area is 246 Å². The number of aryl methyl sites for hydroxylation is 1. The SMILES string of the molecule is O=NC(=O)c1ccc(-c2nn(C(=O)c3c(Cl)cccc3CCC(F)(F)F)c3c2CCC(NC(=O)C2CCC2)C3)c(P)c1. The molecule has 1 N–H and O–H groups in total. The summed E-state index contributed by atoms with van der Waals surface area (Å²) < 4.78 is 40.4. The first-order chi connectivity index (χ1) is 20.0. The summed E-state index contributed by atoms with van der Waals surface area (Å²) in [5.41, 5.74) is 2.49. The summed E-state index contributed by atoms with van der Waals surface area (Å²) in [5.74, 6) is -1.64. The molecule has 1 fully saturated rings. The van der Waals surface area contributed by atoms with Gasteiger partial charge in [0.15, 0.2) is 0 Å². The number of carbonyl (C=O) groups is 3. The van der Waals surface area contributed by atoms with E-state index in [0.717, 1.165) is 24.8 Å². The number of carbonyl (C=O) groups excluding carboxylic acids is 3. The Kier molecular flexibility index (Phi) is 8.62. The molecule has 1 saturated carbocycles. The largest absolute Gasteiger partial charge is 0.389 e. The molecule has 2 unspecified atom stereocenters. The third kappa shape index (κ3) is 6.17. The van der Waals surface area contributed by atoms with Crippen LogP contribution in [0, 0.1) is 10.8 Å². The van der Waals surface area contributed by atoms with Crippen LogP contribution in [-0.4, -0.2) is 39.7 Å². The van der Waals surface area contributed by atoms with Crippen LogP contribution in [0.4, 0.5) is 13.2 Å². The van der Waals surface area contributed by atoms with Gasteiger partial charge in [0, 0.05) is 46.7 Å². The van der Waals surface area contributed by atoms with E-state index in [1.807, 2.05) is 0 Å². The average molecular weight is 619 g/mol. The lowest BCUT2D eigenvalue weighted by Crippen LogP contribution is -2.44. The number of nitrogens with one attached hydrogen (secondary N) is 1. The normalized spacial score (nSPS) is 16.8. The number of fused-ring (bicyclic) bond motifs is 1. The molecule has 2 amide bonds. The molecular weight excluding hydrogens is 592 g/mol. The van der Waals surface area contributed by atoms with E-state index in [1.54, 1.807) is 6.07 Å². The lowest BCUT2D eigenvalue weighted by molar-refractivity contribution is -0.134. The van der Waals surface area contributed by atoms with Crippen molar-refractivity contribution in [2.75, 3.05) is 0 Å². The van der Waals surface area contributed by atoms with Gasteiger partial charge < -0.3 is 5.32 Å². The van der Waals surface area contributed by atoms with Gasteiger partial charge in [-0.2, -0.15) is 23.0 Å². The van der Waals surface area contributed by atoms with Crippen molar-refractivity contribution in [1.29, 1.82) is 0 Å². The minimum atomic E-state index is -4.42. The van der Waals surface area contributed by atoms with Crippen molar-refractivity contribution in [2.45, 2.75) is 63.6 Å². The number of rotatable bonds is 7. The maximum absolute atomic E-state index is 14.0. The Balaban J connectivity index is 1.57. The quantitative estimate of drug-likeness (QED) is 0.275. The van der Waals surface area contributed by atoms with Gasteiger partial charge in [-0.15, -0.1) is 14.1 Å². The zero-order valence-electron chi connectivity index (χ0n) is 22.3. The molecule has 220 valence electrons. The molecule has 0 spiro atoms. The second kappa shape index (κ2) is 12.1. The zero-order chi connectivity index (χ0) is 30.2. The lowest BCUT2D eigenvalue weighted by Gasteiger charge is -2.29. The fraction of sp³-hybridized carbons (Fsp3) is 0.379. The smallest absolute Gasteiger partial charge is 0.353 e. The minimum absolute atomic E-state index is 0.00656. The minimum Gasteiger partial charge on any atom is -0.353 e. The van der Waals surface area contributed by atoms with Crippen molar-refractivity contribution in [3.05, 3.63) is 74.3 Å². The number of nitroso groups, excluding NO2 is 1. The van der Waals surface area contributed by atoms with Crippen LogP contribution in [0.3, 0.4) is 0 Å². The Hall–Kier alpha value is -3.43. The van der Waals surface area contributed by atoms with Gasteiger partial charge in [-0.25, -0.2) is 0 Å². The molecule has 2 aliphatic carbocycles. The highest BCUT2D eigenvalue weighted by Gasteiger charge is 2.34. The molecule has 8 nitrogen and oxygen atoms in total. The van der Waals surface area contributed by atoms with Gasteiger partial charge in [0.1, 0.15) is 0 Å². The predicted molar refractivity (Wildman–Crippen MR) is 154 cm³/mol. The van der Waals surface area contributed by atoms with E-state index in [0.29, 0.717) is 35.1 Å². The van der Waals surface area contributed by atoms with Crippen molar-refractivity contribution in [1.82, 2.24) is 15.1 Å². The van der Waals surface area contributed by atoms with Crippen LogP contribution in [0.1, 0.15) is 69.6 Å². The van der Waals surface area contributed by atoms with E-state index in [9.17, 15) is 32.5 Å². The highest BCUT2D eigenvalue weighted by molar-refractivity contribution is 7.28. The van der Waals surface area contributed by atoms with E-state index in [1.165, 1.54) is 35.0 Å². The fourth-order valence-corrected chi connectivity index (χ4v) is 6.16. The molecule has 42 heavy (non-hydrogen) atoms. The molecule has 3 aromatic rings. The van der Waals surface area contributed by atoms with Crippen molar-refractivity contribution in [2.24, 2.45) is 11.1 Å². The molecule has 5 rings (SSSR count). The molecule has 0 aliphatic heterocycles. The molecule has 0 saturated heterocycles. The average Bonchev–Trinajstić information content (AvgIpc) is 3.28. The summed E-state index contributed by atoms with van der Waals surface area (Å²) in [4.78, 5) is 49.3. The van der Waals surface area contributed by atoms with Gasteiger partial charge in [0.05, 0.1) is 22.0 Å². The van der Waals surface area contributed by atoms with Crippen LogP contribution in [0.15, 0.2) is 41.6 Å². The fourth-order valence-electron chi connectivity index (χ4n) is 5.47. The van der Waals surface area contributed by atoms with Crippen LogP contribution < -0.4 is 10.6 Å². The summed E-state index contributed by atoms with van der Waals surface area (Å²) >= 11 is 6.40. The Bertz CT molecular complexity index is 1590. The third-order valence-corrected chi connectivity index (χ3v) is 8.71. The van der Waals surface area contributed by atoms with Gasteiger partial charge in [-0.3, -0.25) is 14.4 Å². The van der Waals surface area contributed by atoms with Gasteiger partial charge in [0.2, 0.25) is 5.91 Å². The Morgan fingerprint density at radius 1 is 1.14 bits per heavy atom. The highest BCUT2D eigenvalue weighted by atomic mass is 35.5. The van der Waals surface area contributed by atoms with Gasteiger partial charge in [0.25, 0.3) is 5.91 Å². The van der Waals surface area contributed by atoms with E-state index < -0.39 is 30.8 Å². The number of nitrogens with zero attached hydrogens (tertiary/aromatic N) is 3. The molecule has 13 heteroatoms. The molecule has 0 radical (unpaired) electrons. The number of benzene rings is 2. The van der Waals surface area contributed by atoms with Gasteiger partial charge in [-0.1, -0.05) is 36.2 Å². The number of hydrogen-bond donors (Lipinski definition) is 1. The Morgan fingerprint density at radius 3 is 2.55 bits per heavy atom. The van der Waals surface area contributed by atoms with Crippen LogP contribution in [0.25, 0.3) is 11.3 Å². The Morgan fingerprint density at radius 2 is 1.90 bits per heavy atom. The maximum atomic E-state index is 14.0. The monoisotopic (exact) mass is 618 g/mol. The number of aromatic nitrogens is 2. The van der Waals surface area contributed by atoms with Crippen molar-refractivity contribution < 1.29 is 27.6 Å². The van der Waals surface area contributed by atoms with Crippen LogP contribution in [-0.2, 0) is 24.1 Å². The summed E-state index contributed by atoms with van der Waals surface area (Å²) in [6.07, 6.45) is -1.94. The summed E-state index contributed by atoms with van der Waals surface area (Å²) in [7, 11) is 2.48. The van der Waals surface area contributed by atoms with Crippen molar-refractivity contribution in [3.63, 3.8) is 0 Å². The van der Waals surface area contributed by atoms with Crippen molar-refractivity contribution in [3.8, 4) is 11.3 Å². The highest BCUT2D eigenvalue weighted by Crippen LogP contribution is 2.35. The summed E-state index contributed by atoms with van der Waals surface area (Å²) in [6.45, 7) is 0. The van der Waals surface area contributed by atoms with E-state index in [4.69, 9.17) is 11.6 Å². The molecular formula is C29H27ClF3N4O4P. The maximum Gasteiger partial charge on any atom is 0.389 e. The third-order valence-electron chi connectivity index (χ3n) is 7.92. The first-order valence-corrected chi connectivity index (χ1v) is 14.5. The van der Waals surface area contributed by atoms with Gasteiger partial charge in [-0.05, 0) is 61.2 Å². The van der Waals surface area contributed by atoms with Crippen LogP contribution in [0.2, 0.25) is 5.02 Å². The van der Waals surface area contributed by atoms with E-state index in [-0.39, 0.29) is 46.0 Å². The number of hydrogen-bond acceptors (Lipinski definition) is 5. The second-order valence-corrected chi connectivity index (χ2v) is 11.7. The molecule has 1 heterocycles. The number of halogens is 4. The number of alkyl halides is 3.